The SMILES string of the molecule is CCn1c(O)c(/N=N/c2cc(Nc3nc(Cl)nc(Nc4cccc(S(=O)(=O)CCOS(=O)(=O)O)c4)n3)ccc2S(=O)(=O)O)c(C)c(CS(=O)(=O)O)c1=O. The van der Waals surface area contributed by atoms with Crippen LogP contribution in [0.1, 0.15) is 18.1 Å². The third-order valence-corrected chi connectivity index (χ3v) is 10.7. The summed E-state index contributed by atoms with van der Waals surface area (Å²) in [5, 5.41) is 23.4. The first-order valence-electron chi connectivity index (χ1n) is 14.3. The normalized spacial score (nSPS) is 12.6. The molecule has 0 saturated heterocycles. The van der Waals surface area contributed by atoms with Crippen molar-refractivity contribution >= 4 is 86.7 Å². The number of aromatic hydroxyl groups is 1. The van der Waals surface area contributed by atoms with E-state index in [4.69, 9.17) is 16.2 Å². The van der Waals surface area contributed by atoms with Gasteiger partial charge < -0.3 is 15.7 Å². The minimum absolute atomic E-state index is 0.0197. The summed E-state index contributed by atoms with van der Waals surface area (Å²) in [4.78, 5) is 23.7. The number of anilines is 4. The van der Waals surface area contributed by atoms with Crippen molar-refractivity contribution in [1.29, 1.82) is 0 Å². The average molecular weight is 839 g/mol. The number of halogens is 1. The van der Waals surface area contributed by atoms with Gasteiger partial charge in [0.15, 0.2) is 9.84 Å². The van der Waals surface area contributed by atoms with E-state index in [9.17, 15) is 52.7 Å². The Balaban J connectivity index is 1.67. The van der Waals surface area contributed by atoms with E-state index in [-0.39, 0.29) is 45.6 Å². The second kappa shape index (κ2) is 15.7. The van der Waals surface area contributed by atoms with Crippen molar-refractivity contribution in [3.8, 4) is 5.88 Å². The molecule has 0 unspecified atom stereocenters. The van der Waals surface area contributed by atoms with Crippen molar-refractivity contribution < 1.29 is 56.6 Å². The summed E-state index contributed by atoms with van der Waals surface area (Å²) in [5.41, 5.74) is -2.41. The highest BCUT2D eigenvalue weighted by Gasteiger charge is 2.23. The molecule has 4 rings (SSSR count). The number of azo groups is 1. The smallest absolute Gasteiger partial charge is 0.397 e. The molecule has 0 spiro atoms. The van der Waals surface area contributed by atoms with Crippen LogP contribution < -0.4 is 16.2 Å². The zero-order valence-electron chi connectivity index (χ0n) is 26.9. The number of rotatable bonds is 15. The van der Waals surface area contributed by atoms with Crippen molar-refractivity contribution in [1.82, 2.24) is 19.5 Å². The summed E-state index contributed by atoms with van der Waals surface area (Å²) in [6, 6.07) is 8.30. The molecular formula is C26H27ClN8O14S4. The van der Waals surface area contributed by atoms with E-state index >= 15 is 0 Å². The maximum absolute atomic E-state index is 12.8. The number of hydrogen-bond donors (Lipinski definition) is 6. The van der Waals surface area contributed by atoms with Crippen LogP contribution in [-0.2, 0) is 57.0 Å². The van der Waals surface area contributed by atoms with Gasteiger partial charge in [-0.05, 0) is 67.4 Å². The molecule has 2 aromatic heterocycles. The lowest BCUT2D eigenvalue weighted by molar-refractivity contribution is 0.284. The number of nitrogens with zero attached hydrogens (tertiary/aromatic N) is 6. The molecule has 4 aromatic rings. The van der Waals surface area contributed by atoms with Crippen LogP contribution in [-0.4, -0.2) is 84.3 Å². The van der Waals surface area contributed by atoms with Crippen LogP contribution in [0.5, 0.6) is 5.88 Å². The lowest BCUT2D eigenvalue weighted by atomic mass is 10.1. The Morgan fingerprint density at radius 3 is 2.08 bits per heavy atom. The van der Waals surface area contributed by atoms with Crippen LogP contribution in [0.2, 0.25) is 5.28 Å². The van der Waals surface area contributed by atoms with Crippen molar-refractivity contribution in [3.05, 3.63) is 69.2 Å². The highest BCUT2D eigenvalue weighted by atomic mass is 35.5. The van der Waals surface area contributed by atoms with Gasteiger partial charge in [0, 0.05) is 23.5 Å². The number of benzene rings is 2. The number of hydrogen-bond acceptors (Lipinski definition) is 18. The van der Waals surface area contributed by atoms with Gasteiger partial charge in [0.1, 0.15) is 22.0 Å². The molecule has 22 nitrogen and oxygen atoms in total. The molecule has 2 aromatic carbocycles. The van der Waals surface area contributed by atoms with E-state index in [1.54, 1.807) is 0 Å². The van der Waals surface area contributed by atoms with E-state index in [1.807, 2.05) is 0 Å². The topological polar surface area (TPSA) is 336 Å². The minimum Gasteiger partial charge on any atom is -0.493 e. The molecule has 0 amide bonds. The van der Waals surface area contributed by atoms with E-state index in [0.717, 1.165) is 28.8 Å². The second-order valence-electron chi connectivity index (χ2n) is 10.5. The van der Waals surface area contributed by atoms with Gasteiger partial charge in [0.25, 0.3) is 25.8 Å². The number of pyridine rings is 1. The van der Waals surface area contributed by atoms with E-state index < -0.39 is 91.9 Å². The van der Waals surface area contributed by atoms with Crippen molar-refractivity contribution in [2.75, 3.05) is 23.0 Å². The molecule has 0 radical (unpaired) electrons. The van der Waals surface area contributed by atoms with Crippen LogP contribution in [0.25, 0.3) is 0 Å². The Morgan fingerprint density at radius 2 is 1.51 bits per heavy atom. The molecule has 0 saturated carbocycles. The second-order valence-corrected chi connectivity index (χ2v) is 16.9. The third kappa shape index (κ3) is 10.9. The average Bonchev–Trinajstić information content (AvgIpc) is 3.01. The maximum Gasteiger partial charge on any atom is 0.397 e. The standard InChI is InChI=1S/C26H27ClN8O14S4/c1-3-35-22(36)18(13-51(40,41)42)14(2)21(23(35)37)34-33-19-12-16(7-8-20(19)52(43,44)45)29-26-31-24(27)30-25(32-26)28-15-5-4-6-17(11-15)50(38,39)10-9-49-53(46,47)48/h4-8,11-12,37H,3,9-10,13H2,1-2H3,(H,40,41,42)(H,43,44,45)(H,46,47,48)(H2,28,29,30,31,32)/b34-33+. The molecule has 286 valence electrons. The predicted octanol–water partition coefficient (Wildman–Crippen LogP) is 2.85. The van der Waals surface area contributed by atoms with Crippen LogP contribution >= 0.6 is 11.6 Å². The largest absolute Gasteiger partial charge is 0.493 e. The molecule has 53 heavy (non-hydrogen) atoms. The van der Waals surface area contributed by atoms with Crippen LogP contribution in [0.3, 0.4) is 0 Å². The Morgan fingerprint density at radius 1 is 0.887 bits per heavy atom. The van der Waals surface area contributed by atoms with Gasteiger partial charge in [-0.2, -0.15) is 40.2 Å². The fraction of sp³-hybridized carbons (Fsp3) is 0.231. The lowest BCUT2D eigenvalue weighted by Gasteiger charge is -2.14. The van der Waals surface area contributed by atoms with Crippen molar-refractivity contribution in [2.45, 2.75) is 35.9 Å². The van der Waals surface area contributed by atoms with Crippen LogP contribution in [0.4, 0.5) is 34.6 Å². The molecule has 0 aliphatic rings. The number of sulfone groups is 1. The van der Waals surface area contributed by atoms with Crippen LogP contribution in [0.15, 0.2) is 67.3 Å². The molecule has 2 heterocycles. The van der Waals surface area contributed by atoms with E-state index in [1.165, 1.54) is 32.0 Å². The summed E-state index contributed by atoms with van der Waals surface area (Å²) in [6.07, 6.45) is 0. The van der Waals surface area contributed by atoms with Crippen LogP contribution in [0, 0.1) is 6.92 Å². The molecule has 27 heteroatoms. The predicted molar refractivity (Wildman–Crippen MR) is 186 cm³/mol. The molecule has 0 fully saturated rings. The Bertz CT molecular complexity index is 2620. The van der Waals surface area contributed by atoms with Gasteiger partial charge in [-0.15, -0.1) is 10.2 Å². The third-order valence-electron chi connectivity index (χ3n) is 6.81. The summed E-state index contributed by atoms with van der Waals surface area (Å²) < 4.78 is 127. The number of aromatic nitrogens is 4. The quantitative estimate of drug-likeness (QED) is 0.0740. The van der Waals surface area contributed by atoms with Crippen molar-refractivity contribution in [2.24, 2.45) is 10.2 Å². The Labute approximate surface area is 306 Å². The molecule has 0 bridgehead atoms. The molecule has 0 aliphatic carbocycles. The van der Waals surface area contributed by atoms with E-state index in [2.05, 4.69) is 40.0 Å². The molecule has 6 N–H and O–H groups in total. The first-order valence-corrected chi connectivity index (χ1v) is 20.8. The highest BCUT2D eigenvalue weighted by molar-refractivity contribution is 7.91. The van der Waals surface area contributed by atoms with E-state index in [0.29, 0.717) is 0 Å². The minimum atomic E-state index is -4.95. The molecule has 0 atom stereocenters. The fourth-order valence-corrected chi connectivity index (χ4v) is 7.47. The van der Waals surface area contributed by atoms with Crippen molar-refractivity contribution in [3.63, 3.8) is 0 Å². The fourth-order valence-electron chi connectivity index (χ4n) is 4.47. The van der Waals surface area contributed by atoms with Gasteiger partial charge in [0.05, 0.1) is 17.3 Å². The van der Waals surface area contributed by atoms with Gasteiger partial charge >= 0.3 is 10.4 Å². The molecule has 0 aliphatic heterocycles. The van der Waals surface area contributed by atoms with Gasteiger partial charge in [0.2, 0.25) is 23.1 Å². The first kappa shape index (κ1) is 41.1. The first-order chi connectivity index (χ1) is 24.5. The number of nitrogens with one attached hydrogen (secondary N) is 2. The lowest BCUT2D eigenvalue weighted by Crippen LogP contribution is -2.26. The summed E-state index contributed by atoms with van der Waals surface area (Å²) in [6.45, 7) is 1.66. The molecular weight excluding hydrogens is 812 g/mol. The summed E-state index contributed by atoms with van der Waals surface area (Å²) in [5.74, 6) is -3.14. The monoisotopic (exact) mass is 838 g/mol. The summed E-state index contributed by atoms with van der Waals surface area (Å²) in [7, 11) is -18.6. The Kier molecular flexibility index (Phi) is 12.2. The maximum atomic E-state index is 12.8. The van der Waals surface area contributed by atoms with Gasteiger partial charge in [-0.3, -0.25) is 23.0 Å². The zero-order valence-corrected chi connectivity index (χ0v) is 31.0. The van der Waals surface area contributed by atoms with Gasteiger partial charge in [-0.1, -0.05) is 6.07 Å². The van der Waals surface area contributed by atoms with Gasteiger partial charge in [-0.25, -0.2) is 12.6 Å². The highest BCUT2D eigenvalue weighted by Crippen LogP contribution is 2.35. The zero-order chi connectivity index (χ0) is 39.5. The Hall–Kier alpha value is -4.67. The summed E-state index contributed by atoms with van der Waals surface area (Å²) >= 11 is 6.06.